The third-order valence-corrected chi connectivity index (χ3v) is 5.89. The van der Waals surface area contributed by atoms with Crippen molar-refractivity contribution in [1.82, 2.24) is 19.7 Å². The number of aromatic nitrogens is 4. The molecule has 1 N–H and O–H groups in total. The van der Waals surface area contributed by atoms with Crippen molar-refractivity contribution in [3.05, 3.63) is 47.2 Å². The van der Waals surface area contributed by atoms with Crippen molar-refractivity contribution in [3.63, 3.8) is 0 Å². The molecule has 1 unspecified atom stereocenters. The highest BCUT2D eigenvalue weighted by molar-refractivity contribution is 6.29. The van der Waals surface area contributed by atoms with Crippen molar-refractivity contribution in [2.45, 2.75) is 37.5 Å². The lowest BCUT2D eigenvalue weighted by atomic mass is 10.0. The largest absolute Gasteiger partial charge is 0.380 e. The van der Waals surface area contributed by atoms with E-state index in [0.717, 1.165) is 29.9 Å². The van der Waals surface area contributed by atoms with Crippen molar-refractivity contribution < 1.29 is 9.63 Å². The van der Waals surface area contributed by atoms with Gasteiger partial charge in [-0.05, 0) is 48.5 Å². The predicted octanol–water partition coefficient (Wildman–Crippen LogP) is 2.95. The summed E-state index contributed by atoms with van der Waals surface area (Å²) < 4.78 is 7.28. The number of hydrogen-bond acceptors (Lipinski definition) is 8. The highest BCUT2D eigenvalue weighted by Crippen LogP contribution is 2.44. The van der Waals surface area contributed by atoms with Crippen LogP contribution in [0.1, 0.15) is 43.3 Å². The molecule has 6 rings (SSSR count). The molecule has 0 bridgehead atoms. The number of para-hydroxylation sites is 1. The lowest BCUT2D eigenvalue weighted by molar-refractivity contribution is 0.0112. The van der Waals surface area contributed by atoms with Gasteiger partial charge in [-0.1, -0.05) is 18.2 Å². The predicted molar refractivity (Wildman–Crippen MR) is 101 cm³/mol. The Labute approximate surface area is 164 Å². The molecule has 142 valence electrons. The summed E-state index contributed by atoms with van der Waals surface area (Å²) in [5.74, 6) is 1.31. The van der Waals surface area contributed by atoms with Crippen molar-refractivity contribution in [3.8, 4) is 5.69 Å². The summed E-state index contributed by atoms with van der Waals surface area (Å²) in [6.07, 6.45) is 6.22. The molecular weight excluding hydrogens is 382 g/mol. The van der Waals surface area contributed by atoms with Crippen molar-refractivity contribution >= 4 is 29.7 Å². The maximum absolute atomic E-state index is 10.7. The Morgan fingerprint density at radius 3 is 2.89 bits per heavy atom. The fraction of sp³-hybridized carbons (Fsp3) is 0.333. The first kappa shape index (κ1) is 16.1. The second-order valence-corrected chi connectivity index (χ2v) is 7.58. The van der Waals surface area contributed by atoms with Gasteiger partial charge in [-0.3, -0.25) is 4.57 Å². The number of hydrogen-bond donors (Lipinski definition) is 1. The monoisotopic (exact) mass is 397 g/mol. The third kappa shape index (κ3) is 2.05. The van der Waals surface area contributed by atoms with Gasteiger partial charge in [0.05, 0.1) is 11.9 Å². The van der Waals surface area contributed by atoms with E-state index in [2.05, 4.69) is 20.1 Å². The van der Waals surface area contributed by atoms with E-state index in [0.29, 0.717) is 24.1 Å². The van der Waals surface area contributed by atoms with Gasteiger partial charge < -0.3 is 9.63 Å². The van der Waals surface area contributed by atoms with Crippen LogP contribution in [0.2, 0.25) is 5.28 Å². The molecule has 2 aliphatic heterocycles. The van der Waals surface area contributed by atoms with Crippen LogP contribution in [-0.4, -0.2) is 31.1 Å². The van der Waals surface area contributed by atoms with Crippen LogP contribution in [0.15, 0.2) is 40.0 Å². The number of nitrogens with zero attached hydrogens (tertiary/aromatic N) is 7. The van der Waals surface area contributed by atoms with Gasteiger partial charge in [0, 0.05) is 5.56 Å². The first-order valence-electron chi connectivity index (χ1n) is 9.16. The molecule has 0 radical (unpaired) electrons. The van der Waals surface area contributed by atoms with Crippen LogP contribution < -0.4 is 10.0 Å². The van der Waals surface area contributed by atoms with E-state index in [-0.39, 0.29) is 12.1 Å². The molecule has 0 saturated heterocycles. The number of hydrazine groups is 1. The highest BCUT2D eigenvalue weighted by atomic mass is 35.5. The molecule has 1 atom stereocenters. The molecule has 3 aromatic rings. The molecule has 10 heteroatoms. The molecule has 0 amide bonds. The van der Waals surface area contributed by atoms with Crippen LogP contribution >= 0.6 is 11.6 Å². The van der Waals surface area contributed by atoms with Gasteiger partial charge in [-0.2, -0.15) is 4.98 Å². The molecule has 2 aromatic heterocycles. The van der Waals surface area contributed by atoms with Crippen LogP contribution in [-0.2, 0) is 5.60 Å². The van der Waals surface area contributed by atoms with Crippen molar-refractivity contribution in [1.29, 1.82) is 0 Å². The van der Waals surface area contributed by atoms with Crippen LogP contribution in [0.3, 0.4) is 0 Å². The number of aliphatic imine (C=N–C) groups is 1. The summed E-state index contributed by atoms with van der Waals surface area (Å²) in [6, 6.07) is 7.92. The van der Waals surface area contributed by atoms with E-state index in [1.54, 1.807) is 17.5 Å². The van der Waals surface area contributed by atoms with Crippen LogP contribution in [0.25, 0.3) is 5.69 Å². The van der Waals surface area contributed by atoms with E-state index in [4.69, 9.17) is 16.1 Å². The average Bonchev–Trinajstić information content (AvgIpc) is 3.47. The summed E-state index contributed by atoms with van der Waals surface area (Å²) in [4.78, 5) is 13.4. The fourth-order valence-corrected chi connectivity index (χ4v) is 4.47. The minimum absolute atomic E-state index is 0.251. The molecule has 1 aromatic carbocycles. The van der Waals surface area contributed by atoms with Gasteiger partial charge in [0.2, 0.25) is 5.28 Å². The summed E-state index contributed by atoms with van der Waals surface area (Å²) >= 11 is 6.36. The Morgan fingerprint density at radius 1 is 1.21 bits per heavy atom. The van der Waals surface area contributed by atoms with Crippen LogP contribution in [0, 0.1) is 0 Å². The number of anilines is 2. The van der Waals surface area contributed by atoms with Gasteiger partial charge >= 0.3 is 0 Å². The van der Waals surface area contributed by atoms with Crippen LogP contribution in [0.4, 0.5) is 11.8 Å². The van der Waals surface area contributed by atoms with Gasteiger partial charge in [0.25, 0.3) is 11.8 Å². The van der Waals surface area contributed by atoms with E-state index in [1.165, 1.54) is 0 Å². The van der Waals surface area contributed by atoms with Gasteiger partial charge in [0.15, 0.2) is 12.0 Å². The number of aliphatic hydroxyl groups is 1. The fourth-order valence-electron chi connectivity index (χ4n) is 4.25. The van der Waals surface area contributed by atoms with Gasteiger partial charge in [-0.15, -0.1) is 0 Å². The summed E-state index contributed by atoms with van der Waals surface area (Å²) in [6.45, 7) is 0. The number of imidazole rings is 1. The van der Waals surface area contributed by atoms with E-state index >= 15 is 0 Å². The smallest absolute Gasteiger partial charge is 0.290 e. The summed E-state index contributed by atoms with van der Waals surface area (Å²) in [5, 5.41) is 18.8. The standard InChI is InChI=1S/C18H16ClN7O2/c19-16-20-9-13-25(16)12-6-2-1-5-11(12)14-21-10-24(26(13)14)17-22-15(28-23-17)18(27)7-3-4-8-18/h1-2,5-6,9-10,14,27H,3-4,7-8H2. The Hall–Kier alpha value is -2.91. The quantitative estimate of drug-likeness (QED) is 0.710. The minimum Gasteiger partial charge on any atom is -0.380 e. The topological polar surface area (TPSA) is 95.8 Å². The van der Waals surface area contributed by atoms with Crippen LogP contribution in [0.5, 0.6) is 0 Å². The van der Waals surface area contributed by atoms with E-state index in [9.17, 15) is 5.11 Å². The molecule has 1 fully saturated rings. The van der Waals surface area contributed by atoms with E-state index in [1.807, 2.05) is 33.8 Å². The molecule has 9 nitrogen and oxygen atoms in total. The highest BCUT2D eigenvalue weighted by Gasteiger charge is 2.43. The third-order valence-electron chi connectivity index (χ3n) is 5.62. The molecule has 0 spiro atoms. The number of benzene rings is 1. The van der Waals surface area contributed by atoms with E-state index < -0.39 is 5.60 Å². The zero-order valence-electron chi connectivity index (χ0n) is 14.7. The molecule has 1 aliphatic carbocycles. The molecular formula is C18H16ClN7O2. The summed E-state index contributed by atoms with van der Waals surface area (Å²) in [5.41, 5.74) is 0.891. The molecule has 1 saturated carbocycles. The maximum Gasteiger partial charge on any atom is 0.290 e. The SMILES string of the molecule is OC1(c2nc(N3C=NC4c5ccccc5-n5c(cnc5Cl)N43)no2)CCCC1. The van der Waals surface area contributed by atoms with Crippen molar-refractivity contribution in [2.75, 3.05) is 10.0 Å². The number of rotatable bonds is 2. The van der Waals surface area contributed by atoms with Gasteiger partial charge in [0.1, 0.15) is 11.9 Å². The molecule has 4 heterocycles. The first-order valence-corrected chi connectivity index (χ1v) is 9.54. The maximum atomic E-state index is 10.7. The average molecular weight is 398 g/mol. The lowest BCUT2D eigenvalue weighted by Crippen LogP contribution is -2.43. The Kier molecular flexibility index (Phi) is 3.19. The zero-order valence-corrected chi connectivity index (χ0v) is 15.5. The number of fused-ring (bicyclic) bond motifs is 6. The normalized spacial score (nSPS) is 21.7. The Morgan fingerprint density at radius 2 is 2.04 bits per heavy atom. The second-order valence-electron chi connectivity index (χ2n) is 7.25. The first-order chi connectivity index (χ1) is 13.7. The summed E-state index contributed by atoms with van der Waals surface area (Å²) in [7, 11) is 0. The Balaban J connectivity index is 1.44. The second kappa shape index (κ2) is 5.55. The molecule has 3 aliphatic rings. The minimum atomic E-state index is -1.04. The van der Waals surface area contributed by atoms with Gasteiger partial charge in [-0.25, -0.2) is 20.0 Å². The lowest BCUT2D eigenvalue weighted by Gasteiger charge is -2.36. The number of halogens is 1. The zero-order chi connectivity index (χ0) is 18.9. The molecule has 28 heavy (non-hydrogen) atoms. The van der Waals surface area contributed by atoms with Crippen molar-refractivity contribution in [2.24, 2.45) is 4.99 Å². The Bertz CT molecular complexity index is 1100.